The Balaban J connectivity index is 1.91. The number of ether oxygens (including phenoxy) is 1. The lowest BCUT2D eigenvalue weighted by Gasteiger charge is -2.28. The summed E-state index contributed by atoms with van der Waals surface area (Å²) in [5.74, 6) is -0.275. The molecule has 152 valence electrons. The maximum Gasteiger partial charge on any atom is 0.157 e. The summed E-state index contributed by atoms with van der Waals surface area (Å²) >= 11 is 3.90. The first-order valence-corrected chi connectivity index (χ1v) is 10.7. The predicted molar refractivity (Wildman–Crippen MR) is 115 cm³/mol. The monoisotopic (exact) mass is 442 g/mol. The molecule has 2 atom stereocenters. The number of hydrogen-bond acceptors (Lipinski definition) is 3. The second kappa shape index (κ2) is 8.52. The van der Waals surface area contributed by atoms with Crippen molar-refractivity contribution in [2.75, 3.05) is 0 Å². The van der Waals surface area contributed by atoms with Gasteiger partial charge < -0.3 is 14.1 Å². The first kappa shape index (κ1) is 20.5. The summed E-state index contributed by atoms with van der Waals surface area (Å²) in [4.78, 5) is 12.1. The van der Waals surface area contributed by atoms with Gasteiger partial charge in [0.2, 0.25) is 0 Å². The van der Waals surface area contributed by atoms with E-state index in [1.165, 1.54) is 12.1 Å². The third kappa shape index (κ3) is 3.94. The highest BCUT2D eigenvalue weighted by Crippen LogP contribution is 2.46. The van der Waals surface area contributed by atoms with Gasteiger partial charge in [0, 0.05) is 16.7 Å². The number of fused-ring (bicyclic) bond motifs is 1. The second-order valence-corrected chi connectivity index (χ2v) is 8.13. The van der Waals surface area contributed by atoms with Crippen LogP contribution >= 0.6 is 11.6 Å². The number of rotatable bonds is 5. The molecule has 0 aromatic heterocycles. The van der Waals surface area contributed by atoms with Crippen LogP contribution in [0.15, 0.2) is 66.7 Å². The van der Waals surface area contributed by atoms with Crippen LogP contribution in [0.5, 0.6) is 5.75 Å². The van der Waals surface area contributed by atoms with Gasteiger partial charge >= 0.3 is 0 Å². The van der Waals surface area contributed by atoms with Gasteiger partial charge in [0.05, 0.1) is 16.7 Å². The van der Waals surface area contributed by atoms with Crippen LogP contribution in [0.1, 0.15) is 28.2 Å². The molecule has 0 amide bonds. The number of benzene rings is 3. The van der Waals surface area contributed by atoms with E-state index in [1.807, 2.05) is 12.1 Å². The summed E-state index contributed by atoms with van der Waals surface area (Å²) in [6.07, 6.45) is 0.812. The fraction of sp³-hybridized carbons (Fsp3) is 0.0870. The molecule has 3 aromatic carbocycles. The number of carbonyl (C=O) groups is 1. The molecule has 0 spiro atoms. The van der Waals surface area contributed by atoms with E-state index in [-0.39, 0.29) is 10.8 Å². The normalized spacial score (nSPS) is 16.6. The van der Waals surface area contributed by atoms with Crippen LogP contribution in [0.4, 0.5) is 4.39 Å². The van der Waals surface area contributed by atoms with E-state index in [4.69, 9.17) is 20.9 Å². The van der Waals surface area contributed by atoms with E-state index >= 15 is 0 Å². The van der Waals surface area contributed by atoms with Crippen molar-refractivity contribution in [3.8, 4) is 5.75 Å². The lowest BCUT2D eigenvalue weighted by molar-refractivity contribution is -0.108. The molecule has 30 heavy (non-hydrogen) atoms. The lowest BCUT2D eigenvalue weighted by Crippen LogP contribution is -2.16. The number of allylic oxidation sites excluding steroid dienone is 1. The third-order valence-corrected chi connectivity index (χ3v) is 5.78. The maximum atomic E-state index is 14.2. The smallest absolute Gasteiger partial charge is 0.157 e. The summed E-state index contributed by atoms with van der Waals surface area (Å²) in [5, 5.41) is -0.0120. The number of aldehydes is 1. The summed E-state index contributed by atoms with van der Waals surface area (Å²) in [7, 11) is 0. The highest BCUT2D eigenvalue weighted by atomic mass is 35.5. The van der Waals surface area contributed by atoms with E-state index in [0.29, 0.717) is 39.3 Å². The molecular formula is C23H16ClFO4S. The van der Waals surface area contributed by atoms with Crippen LogP contribution in [0.2, 0.25) is 5.02 Å². The molecule has 1 aliphatic heterocycles. The zero-order valence-electron chi connectivity index (χ0n) is 15.5. The van der Waals surface area contributed by atoms with Crippen LogP contribution in [0, 0.1) is 5.82 Å². The van der Waals surface area contributed by atoms with Gasteiger partial charge in [0.15, 0.2) is 11.1 Å². The summed E-state index contributed by atoms with van der Waals surface area (Å²) in [6, 6.07) is 18.5. The summed E-state index contributed by atoms with van der Waals surface area (Å²) in [5.41, 5.74) is 3.04. The second-order valence-electron chi connectivity index (χ2n) is 6.79. The molecule has 7 heteroatoms. The molecule has 1 N–H and O–H groups in total. The lowest BCUT2D eigenvalue weighted by atomic mass is 9.83. The molecule has 0 aliphatic carbocycles. The van der Waals surface area contributed by atoms with Crippen molar-refractivity contribution in [2.24, 2.45) is 0 Å². The molecule has 0 saturated carbocycles. The highest BCUT2D eigenvalue weighted by Gasteiger charge is 2.31. The van der Waals surface area contributed by atoms with Gasteiger partial charge in [-0.1, -0.05) is 60.1 Å². The Labute approximate surface area is 180 Å². The van der Waals surface area contributed by atoms with Gasteiger partial charge in [0.1, 0.15) is 23.6 Å². The van der Waals surface area contributed by atoms with Crippen LogP contribution in [-0.4, -0.2) is 15.0 Å². The molecule has 0 bridgehead atoms. The molecule has 2 unspecified atom stereocenters. The molecule has 4 nitrogen and oxygen atoms in total. The average molecular weight is 443 g/mol. The molecular weight excluding hydrogens is 427 g/mol. The van der Waals surface area contributed by atoms with Crippen molar-refractivity contribution in [1.29, 1.82) is 0 Å². The number of carbonyl (C=O) groups excluding carboxylic acids is 1. The standard InChI is InChI=1S/C23H16ClFO4S/c24-19-10-9-16(11-20(19)25)22-18(12-26)17-3-1-2-4-21(17)29-23(22)15-7-5-14(6-8-15)13-30(27)28/h1-12,18H,13H2,(H,27,28). The molecule has 1 heterocycles. The largest absolute Gasteiger partial charge is 0.456 e. The van der Waals surface area contributed by atoms with Crippen molar-refractivity contribution in [1.82, 2.24) is 0 Å². The minimum absolute atomic E-state index is 0.00916. The zero-order valence-corrected chi connectivity index (χ0v) is 17.1. The van der Waals surface area contributed by atoms with Crippen molar-refractivity contribution in [2.45, 2.75) is 11.7 Å². The van der Waals surface area contributed by atoms with Gasteiger partial charge in [-0.3, -0.25) is 0 Å². The Morgan fingerprint density at radius 1 is 1.07 bits per heavy atom. The highest BCUT2D eigenvalue weighted by molar-refractivity contribution is 7.78. The molecule has 0 fully saturated rings. The van der Waals surface area contributed by atoms with E-state index < -0.39 is 22.8 Å². The summed E-state index contributed by atoms with van der Waals surface area (Å²) in [6.45, 7) is 0. The van der Waals surface area contributed by atoms with Gasteiger partial charge in [0.25, 0.3) is 0 Å². The van der Waals surface area contributed by atoms with Crippen molar-refractivity contribution in [3.05, 3.63) is 99.8 Å². The average Bonchev–Trinajstić information content (AvgIpc) is 2.74. The van der Waals surface area contributed by atoms with Crippen LogP contribution < -0.4 is 4.74 Å². The predicted octanol–water partition coefficient (Wildman–Crippen LogP) is 5.44. The molecule has 4 rings (SSSR count). The Hall–Kier alpha value is -2.80. The number of hydrogen-bond donors (Lipinski definition) is 1. The third-order valence-electron chi connectivity index (χ3n) is 4.89. The van der Waals surface area contributed by atoms with Crippen LogP contribution in [0.3, 0.4) is 0 Å². The molecule has 0 saturated heterocycles. The van der Waals surface area contributed by atoms with E-state index in [2.05, 4.69) is 0 Å². The Bertz CT molecular complexity index is 1170. The van der Waals surface area contributed by atoms with Gasteiger partial charge in [-0.15, -0.1) is 0 Å². The van der Waals surface area contributed by atoms with Gasteiger partial charge in [-0.25, -0.2) is 8.60 Å². The van der Waals surface area contributed by atoms with Gasteiger partial charge in [-0.2, -0.15) is 0 Å². The summed E-state index contributed by atoms with van der Waals surface area (Å²) < 4.78 is 40.5. The first-order valence-electron chi connectivity index (χ1n) is 9.06. The molecule has 0 radical (unpaired) electrons. The Kier molecular flexibility index (Phi) is 5.81. The maximum absolute atomic E-state index is 14.2. The van der Waals surface area contributed by atoms with E-state index in [0.717, 1.165) is 6.29 Å². The number of halogens is 2. The van der Waals surface area contributed by atoms with Crippen LogP contribution in [0.25, 0.3) is 11.3 Å². The minimum Gasteiger partial charge on any atom is -0.456 e. The van der Waals surface area contributed by atoms with E-state index in [1.54, 1.807) is 42.5 Å². The number of para-hydroxylation sites is 1. The quantitative estimate of drug-likeness (QED) is 0.422. The van der Waals surface area contributed by atoms with Crippen molar-refractivity contribution in [3.63, 3.8) is 0 Å². The SMILES string of the molecule is O=CC1C(c2ccc(Cl)c(F)c2)=C(c2ccc(CS(=O)O)cc2)Oc2ccccc21. The van der Waals surface area contributed by atoms with Crippen LogP contribution in [-0.2, 0) is 21.6 Å². The zero-order chi connectivity index (χ0) is 21.3. The molecule has 3 aromatic rings. The Morgan fingerprint density at radius 2 is 1.77 bits per heavy atom. The van der Waals surface area contributed by atoms with Gasteiger partial charge in [-0.05, 0) is 29.3 Å². The van der Waals surface area contributed by atoms with Crippen molar-refractivity contribution < 1.29 is 22.7 Å². The first-order chi connectivity index (χ1) is 14.5. The fourth-order valence-corrected chi connectivity index (χ4v) is 4.11. The Morgan fingerprint density at radius 3 is 2.43 bits per heavy atom. The van der Waals surface area contributed by atoms with Crippen molar-refractivity contribution >= 4 is 40.3 Å². The molecule has 1 aliphatic rings. The topological polar surface area (TPSA) is 63.6 Å². The fourth-order valence-electron chi connectivity index (χ4n) is 3.52. The van der Waals surface area contributed by atoms with E-state index in [9.17, 15) is 13.4 Å². The minimum atomic E-state index is -1.95.